The summed E-state index contributed by atoms with van der Waals surface area (Å²) < 4.78 is 18.3. The molecular formula is C7H16Cl2O2S. The van der Waals surface area contributed by atoms with E-state index in [0.717, 1.165) is 0 Å². The molecule has 0 heterocycles. The maximum absolute atomic E-state index is 9.16. The third-order valence-corrected chi connectivity index (χ3v) is 1.000. The van der Waals surface area contributed by atoms with Crippen LogP contribution in [-0.2, 0) is 8.26 Å². The van der Waals surface area contributed by atoms with Crippen molar-refractivity contribution in [3.05, 3.63) is 0 Å². The van der Waals surface area contributed by atoms with Gasteiger partial charge in [-0.2, -0.15) is 8.42 Å². The number of rotatable bonds is 1. The highest BCUT2D eigenvalue weighted by atomic mass is 36.0. The van der Waals surface area contributed by atoms with Crippen molar-refractivity contribution < 1.29 is 8.42 Å². The molecule has 0 N–H and O–H groups in total. The van der Waals surface area contributed by atoms with Crippen molar-refractivity contribution in [1.29, 1.82) is 0 Å². The SMILES string of the molecule is CCCC(C)(C)C.O=S(=O)(Cl)Cl. The van der Waals surface area contributed by atoms with Gasteiger partial charge in [0.05, 0.1) is 0 Å². The second-order valence-electron chi connectivity index (χ2n) is 3.69. The summed E-state index contributed by atoms with van der Waals surface area (Å²) in [7, 11) is 4.81. The topological polar surface area (TPSA) is 34.1 Å². The van der Waals surface area contributed by atoms with Gasteiger partial charge in [-0.15, -0.1) is 0 Å². The fourth-order valence-corrected chi connectivity index (χ4v) is 0.750. The Morgan fingerprint density at radius 2 is 1.42 bits per heavy atom. The minimum Gasteiger partial charge on any atom is -0.195 e. The third-order valence-electron chi connectivity index (χ3n) is 1.000. The van der Waals surface area contributed by atoms with Crippen LogP contribution in [0.15, 0.2) is 0 Å². The van der Waals surface area contributed by atoms with E-state index in [-0.39, 0.29) is 0 Å². The van der Waals surface area contributed by atoms with Crippen molar-refractivity contribution in [2.45, 2.75) is 40.5 Å². The van der Waals surface area contributed by atoms with Crippen molar-refractivity contribution in [2.75, 3.05) is 0 Å². The van der Waals surface area contributed by atoms with Crippen molar-refractivity contribution >= 4 is 29.6 Å². The lowest BCUT2D eigenvalue weighted by atomic mass is 9.91. The molecule has 0 amide bonds. The predicted molar refractivity (Wildman–Crippen MR) is 55.0 cm³/mol. The van der Waals surface area contributed by atoms with E-state index >= 15 is 0 Å². The Bertz CT molecular complexity index is 184. The van der Waals surface area contributed by atoms with E-state index in [9.17, 15) is 0 Å². The summed E-state index contributed by atoms with van der Waals surface area (Å²) in [5, 5.41) is 0. The Morgan fingerprint density at radius 3 is 1.42 bits per heavy atom. The summed E-state index contributed by atoms with van der Waals surface area (Å²) in [4.78, 5) is 0. The molecule has 12 heavy (non-hydrogen) atoms. The highest BCUT2D eigenvalue weighted by Crippen LogP contribution is 2.19. The normalized spacial score (nSPS) is 11.8. The van der Waals surface area contributed by atoms with Crippen molar-refractivity contribution in [3.63, 3.8) is 0 Å². The molecule has 0 bridgehead atoms. The average Bonchev–Trinajstić information content (AvgIpc) is 1.54. The van der Waals surface area contributed by atoms with Gasteiger partial charge in [0.1, 0.15) is 0 Å². The molecule has 0 saturated carbocycles. The molecule has 0 saturated heterocycles. The van der Waals surface area contributed by atoms with E-state index in [1.807, 2.05) is 0 Å². The maximum atomic E-state index is 9.16. The second kappa shape index (κ2) is 6.06. The Balaban J connectivity index is 0. The van der Waals surface area contributed by atoms with Crippen molar-refractivity contribution in [3.8, 4) is 0 Å². The van der Waals surface area contributed by atoms with Gasteiger partial charge in [0, 0.05) is 21.4 Å². The molecule has 0 aromatic carbocycles. The van der Waals surface area contributed by atoms with Crippen LogP contribution in [0.2, 0.25) is 0 Å². The monoisotopic (exact) mass is 234 g/mol. The van der Waals surface area contributed by atoms with E-state index in [1.165, 1.54) is 12.8 Å². The van der Waals surface area contributed by atoms with Gasteiger partial charge in [0.15, 0.2) is 0 Å². The van der Waals surface area contributed by atoms with E-state index in [0.29, 0.717) is 5.41 Å². The smallest absolute Gasteiger partial charge is 0.195 e. The first kappa shape index (κ1) is 15.0. The van der Waals surface area contributed by atoms with Crippen LogP contribution >= 0.6 is 21.4 Å². The molecule has 0 aliphatic carbocycles. The minimum absolute atomic E-state index is 0.550. The van der Waals surface area contributed by atoms with Gasteiger partial charge < -0.3 is 0 Å². The lowest BCUT2D eigenvalue weighted by Crippen LogP contribution is -2.02. The first-order valence-corrected chi connectivity index (χ1v) is 6.84. The number of hydrogen-bond acceptors (Lipinski definition) is 2. The largest absolute Gasteiger partial charge is 0.317 e. The summed E-state index contributed by atoms with van der Waals surface area (Å²) in [5.74, 6) is 0. The molecule has 0 unspecified atom stereocenters. The predicted octanol–water partition coefficient (Wildman–Crippen LogP) is 3.54. The molecule has 0 atom stereocenters. The molecule has 0 fully saturated rings. The average molecular weight is 235 g/mol. The lowest BCUT2D eigenvalue weighted by Gasteiger charge is -2.15. The van der Waals surface area contributed by atoms with Crippen LogP contribution in [0.3, 0.4) is 0 Å². The molecule has 0 radical (unpaired) electrons. The Labute approximate surface area is 84.2 Å². The molecule has 0 aromatic rings. The van der Waals surface area contributed by atoms with Gasteiger partial charge in [-0.3, -0.25) is 0 Å². The molecule has 76 valence electrons. The van der Waals surface area contributed by atoms with Gasteiger partial charge in [-0.05, 0) is 11.8 Å². The summed E-state index contributed by atoms with van der Waals surface area (Å²) >= 11 is 0. The van der Waals surface area contributed by atoms with Crippen LogP contribution < -0.4 is 0 Å². The fraction of sp³-hybridized carbons (Fsp3) is 1.00. The van der Waals surface area contributed by atoms with Gasteiger partial charge in [0.25, 0.3) is 0 Å². The van der Waals surface area contributed by atoms with E-state index in [4.69, 9.17) is 8.42 Å². The Hall–Kier alpha value is 0.530. The van der Waals surface area contributed by atoms with Crippen molar-refractivity contribution in [2.24, 2.45) is 5.41 Å². The first-order chi connectivity index (χ1) is 5.06. The molecule has 0 aliphatic heterocycles. The Kier molecular flexibility index (Phi) is 7.58. The lowest BCUT2D eigenvalue weighted by molar-refractivity contribution is 0.373. The summed E-state index contributed by atoms with van der Waals surface area (Å²) in [6.07, 6.45) is 2.65. The molecule has 0 aromatic heterocycles. The van der Waals surface area contributed by atoms with Gasteiger partial charge in [-0.1, -0.05) is 34.1 Å². The summed E-state index contributed by atoms with van der Waals surface area (Å²) in [6.45, 7) is 9.05. The molecular weight excluding hydrogens is 219 g/mol. The number of halogens is 2. The van der Waals surface area contributed by atoms with Crippen LogP contribution in [-0.4, -0.2) is 8.42 Å². The first-order valence-electron chi connectivity index (χ1n) is 3.70. The van der Waals surface area contributed by atoms with E-state index < -0.39 is 8.26 Å². The number of hydrogen-bond donors (Lipinski definition) is 0. The molecule has 0 spiro atoms. The molecule has 0 rings (SSSR count). The summed E-state index contributed by atoms with van der Waals surface area (Å²) in [6, 6.07) is 0. The zero-order valence-corrected chi connectivity index (χ0v) is 10.2. The third kappa shape index (κ3) is 46.6. The van der Waals surface area contributed by atoms with Crippen LogP contribution in [0.25, 0.3) is 0 Å². The van der Waals surface area contributed by atoms with Crippen LogP contribution in [0.5, 0.6) is 0 Å². The quantitative estimate of drug-likeness (QED) is 0.651. The van der Waals surface area contributed by atoms with Gasteiger partial charge in [0.2, 0.25) is 0 Å². The standard InChI is InChI=1S/C7H16.Cl2O2S/c1-5-6-7(2,3)4;1-5(2,3)4/h5-6H2,1-4H3;. The van der Waals surface area contributed by atoms with Crippen LogP contribution in [0, 0.1) is 5.41 Å². The zero-order valence-electron chi connectivity index (χ0n) is 7.89. The maximum Gasteiger partial charge on any atom is 0.317 e. The van der Waals surface area contributed by atoms with E-state index in [2.05, 4.69) is 49.1 Å². The summed E-state index contributed by atoms with van der Waals surface area (Å²) in [5.41, 5.74) is 0.550. The van der Waals surface area contributed by atoms with Crippen LogP contribution in [0.4, 0.5) is 0 Å². The van der Waals surface area contributed by atoms with Gasteiger partial charge in [-0.25, -0.2) is 0 Å². The molecule has 2 nitrogen and oxygen atoms in total. The highest BCUT2D eigenvalue weighted by molar-refractivity contribution is 8.31. The zero-order chi connectivity index (χ0) is 10.4. The van der Waals surface area contributed by atoms with Gasteiger partial charge >= 0.3 is 8.26 Å². The molecule has 0 aliphatic rings. The van der Waals surface area contributed by atoms with Crippen LogP contribution in [0.1, 0.15) is 40.5 Å². The fourth-order valence-electron chi connectivity index (χ4n) is 0.750. The minimum atomic E-state index is -3.72. The highest BCUT2D eigenvalue weighted by Gasteiger charge is 2.06. The van der Waals surface area contributed by atoms with Crippen molar-refractivity contribution in [1.82, 2.24) is 0 Å². The molecule has 5 heteroatoms. The second-order valence-corrected chi connectivity index (χ2v) is 7.36. The van der Waals surface area contributed by atoms with E-state index in [1.54, 1.807) is 0 Å². The Morgan fingerprint density at radius 1 is 1.17 bits per heavy atom.